The van der Waals surface area contributed by atoms with Gasteiger partial charge in [0.25, 0.3) is 5.91 Å². The number of hydrogen-bond acceptors (Lipinski definition) is 4. The van der Waals surface area contributed by atoms with Crippen LogP contribution in [0.15, 0.2) is 34.8 Å². The standard InChI is InChI=1S/C19H23N3O3/c1-5-19(16-20-17(25)18(4,22-16)11(2)3)13(15(23)24)10-12-8-6-7-9-14(12)21-19/h6-11,21H,5H2,1-4H3,(H,23,24)(H,20,22,25). The normalized spacial score (nSPS) is 28.0. The number of carbonyl (C=O) groups excluding carboxylic acids is 1. The van der Waals surface area contributed by atoms with E-state index in [1.807, 2.05) is 45.0 Å². The highest BCUT2D eigenvalue weighted by atomic mass is 16.4. The molecule has 3 N–H and O–H groups in total. The molecule has 0 aromatic heterocycles. The third-order valence-corrected chi connectivity index (χ3v) is 5.39. The highest BCUT2D eigenvalue weighted by Crippen LogP contribution is 2.39. The average Bonchev–Trinajstić information content (AvgIpc) is 2.90. The Morgan fingerprint density at radius 3 is 2.56 bits per heavy atom. The number of carboxylic acids is 1. The summed E-state index contributed by atoms with van der Waals surface area (Å²) in [6.45, 7) is 7.53. The van der Waals surface area contributed by atoms with Gasteiger partial charge < -0.3 is 15.7 Å². The first-order valence-electron chi connectivity index (χ1n) is 8.49. The van der Waals surface area contributed by atoms with E-state index >= 15 is 0 Å². The van der Waals surface area contributed by atoms with E-state index in [2.05, 4.69) is 15.6 Å². The van der Waals surface area contributed by atoms with Gasteiger partial charge in [0.1, 0.15) is 16.9 Å². The van der Waals surface area contributed by atoms with Crippen molar-refractivity contribution in [3.05, 3.63) is 35.4 Å². The maximum Gasteiger partial charge on any atom is 0.334 e. The predicted octanol–water partition coefficient (Wildman–Crippen LogP) is 2.67. The number of amides is 1. The van der Waals surface area contributed by atoms with E-state index in [0.29, 0.717) is 12.3 Å². The zero-order valence-electron chi connectivity index (χ0n) is 14.9. The van der Waals surface area contributed by atoms with Crippen LogP contribution in [0.25, 0.3) is 6.08 Å². The minimum absolute atomic E-state index is 0.00737. The van der Waals surface area contributed by atoms with E-state index in [0.717, 1.165) is 11.3 Å². The van der Waals surface area contributed by atoms with Crippen LogP contribution in [0.3, 0.4) is 0 Å². The zero-order chi connectivity index (χ0) is 18.4. The van der Waals surface area contributed by atoms with Crippen molar-refractivity contribution in [3.8, 4) is 0 Å². The number of anilines is 1. The molecule has 25 heavy (non-hydrogen) atoms. The molecule has 0 bridgehead atoms. The molecule has 2 atom stereocenters. The number of hydrogen-bond donors (Lipinski definition) is 3. The Hall–Kier alpha value is -2.63. The number of aliphatic imine (C=N–C) groups is 1. The Labute approximate surface area is 147 Å². The molecule has 0 aliphatic carbocycles. The molecule has 132 valence electrons. The molecule has 0 radical (unpaired) electrons. The summed E-state index contributed by atoms with van der Waals surface area (Å²) < 4.78 is 0. The third-order valence-electron chi connectivity index (χ3n) is 5.39. The molecular weight excluding hydrogens is 318 g/mol. The fourth-order valence-corrected chi connectivity index (χ4v) is 3.33. The third kappa shape index (κ3) is 2.44. The van der Waals surface area contributed by atoms with E-state index in [-0.39, 0.29) is 17.4 Å². The summed E-state index contributed by atoms with van der Waals surface area (Å²) in [5.74, 6) is -0.860. The van der Waals surface area contributed by atoms with Gasteiger partial charge in [-0.2, -0.15) is 0 Å². The number of amidine groups is 1. The van der Waals surface area contributed by atoms with Crippen LogP contribution in [0.1, 0.15) is 39.7 Å². The molecule has 0 saturated heterocycles. The SMILES string of the molecule is CCC1(C2=NC(C)(C(C)C)C(=O)N2)Nc2ccccc2C=C1C(=O)O. The number of carbonyl (C=O) groups is 2. The number of carboxylic acid groups (broad SMARTS) is 1. The second-order valence-corrected chi connectivity index (χ2v) is 7.05. The minimum atomic E-state index is -1.07. The van der Waals surface area contributed by atoms with Crippen molar-refractivity contribution in [2.45, 2.75) is 45.2 Å². The first kappa shape index (κ1) is 17.2. The van der Waals surface area contributed by atoms with Gasteiger partial charge in [0.2, 0.25) is 0 Å². The van der Waals surface area contributed by atoms with Gasteiger partial charge in [-0.25, -0.2) is 4.79 Å². The van der Waals surface area contributed by atoms with Crippen molar-refractivity contribution in [1.82, 2.24) is 5.32 Å². The lowest BCUT2D eigenvalue weighted by Crippen LogP contribution is -2.55. The van der Waals surface area contributed by atoms with Gasteiger partial charge in [0.05, 0.1) is 5.57 Å². The summed E-state index contributed by atoms with van der Waals surface area (Å²) in [6.07, 6.45) is 2.10. The Morgan fingerprint density at radius 1 is 1.32 bits per heavy atom. The lowest BCUT2D eigenvalue weighted by molar-refractivity contribution is -0.133. The molecule has 1 aromatic rings. The quantitative estimate of drug-likeness (QED) is 0.785. The second kappa shape index (κ2) is 5.72. The Kier molecular flexibility index (Phi) is 3.94. The lowest BCUT2D eigenvalue weighted by Gasteiger charge is -2.38. The minimum Gasteiger partial charge on any atom is -0.478 e. The molecule has 0 spiro atoms. The predicted molar refractivity (Wildman–Crippen MR) is 97.5 cm³/mol. The van der Waals surface area contributed by atoms with Crippen LogP contribution in [0.5, 0.6) is 0 Å². The molecule has 6 heteroatoms. The zero-order valence-corrected chi connectivity index (χ0v) is 14.9. The van der Waals surface area contributed by atoms with Gasteiger partial charge in [-0.15, -0.1) is 0 Å². The van der Waals surface area contributed by atoms with E-state index in [4.69, 9.17) is 0 Å². The van der Waals surface area contributed by atoms with Crippen molar-refractivity contribution in [3.63, 3.8) is 0 Å². The van der Waals surface area contributed by atoms with Gasteiger partial charge in [0, 0.05) is 5.69 Å². The number of aliphatic carboxylic acids is 1. The van der Waals surface area contributed by atoms with E-state index in [1.54, 1.807) is 13.0 Å². The molecule has 6 nitrogen and oxygen atoms in total. The maximum absolute atomic E-state index is 12.6. The van der Waals surface area contributed by atoms with E-state index in [9.17, 15) is 14.7 Å². The van der Waals surface area contributed by atoms with Crippen LogP contribution in [-0.2, 0) is 9.59 Å². The average molecular weight is 341 g/mol. The first-order chi connectivity index (χ1) is 11.7. The van der Waals surface area contributed by atoms with Crippen LogP contribution in [0.2, 0.25) is 0 Å². The van der Waals surface area contributed by atoms with Crippen molar-refractivity contribution >= 4 is 29.5 Å². The Morgan fingerprint density at radius 2 is 2.00 bits per heavy atom. The van der Waals surface area contributed by atoms with E-state index in [1.165, 1.54) is 0 Å². The Balaban J connectivity index is 2.18. The van der Waals surface area contributed by atoms with Crippen molar-refractivity contribution < 1.29 is 14.7 Å². The number of rotatable bonds is 4. The maximum atomic E-state index is 12.6. The molecule has 1 aromatic carbocycles. The summed E-state index contributed by atoms with van der Waals surface area (Å²) in [4.78, 5) is 29.2. The molecule has 1 amide bonds. The summed E-state index contributed by atoms with van der Waals surface area (Å²) >= 11 is 0. The summed E-state index contributed by atoms with van der Waals surface area (Å²) in [5.41, 5.74) is -0.159. The first-order valence-corrected chi connectivity index (χ1v) is 8.49. The molecular formula is C19H23N3O3. The molecule has 2 unspecified atom stereocenters. The van der Waals surface area contributed by atoms with Crippen molar-refractivity contribution in [2.24, 2.45) is 10.9 Å². The molecule has 0 saturated carbocycles. The van der Waals surface area contributed by atoms with Gasteiger partial charge in [-0.1, -0.05) is 39.0 Å². The fourth-order valence-electron chi connectivity index (χ4n) is 3.33. The lowest BCUT2D eigenvalue weighted by atomic mass is 9.81. The highest BCUT2D eigenvalue weighted by molar-refractivity contribution is 6.19. The second-order valence-electron chi connectivity index (χ2n) is 7.05. The molecule has 0 fully saturated rings. The van der Waals surface area contributed by atoms with Crippen LogP contribution < -0.4 is 10.6 Å². The smallest absolute Gasteiger partial charge is 0.334 e. The van der Waals surface area contributed by atoms with Crippen LogP contribution >= 0.6 is 0 Å². The van der Waals surface area contributed by atoms with Crippen molar-refractivity contribution in [1.29, 1.82) is 0 Å². The molecule has 2 aliphatic heterocycles. The fraction of sp³-hybridized carbons (Fsp3) is 0.421. The Bertz CT molecular complexity index is 812. The van der Waals surface area contributed by atoms with Gasteiger partial charge in [-0.3, -0.25) is 9.79 Å². The molecule has 3 rings (SSSR count). The number of fused-ring (bicyclic) bond motifs is 1. The number of para-hydroxylation sites is 1. The molecule has 2 heterocycles. The highest BCUT2D eigenvalue weighted by Gasteiger charge is 2.51. The summed E-state index contributed by atoms with van der Waals surface area (Å²) in [7, 11) is 0. The van der Waals surface area contributed by atoms with Crippen molar-refractivity contribution in [2.75, 3.05) is 5.32 Å². The monoisotopic (exact) mass is 341 g/mol. The van der Waals surface area contributed by atoms with Gasteiger partial charge >= 0.3 is 5.97 Å². The number of benzene rings is 1. The number of nitrogens with one attached hydrogen (secondary N) is 2. The summed E-state index contributed by atoms with van der Waals surface area (Å²) in [5, 5.41) is 16.0. The molecule has 2 aliphatic rings. The largest absolute Gasteiger partial charge is 0.478 e. The van der Waals surface area contributed by atoms with Crippen LogP contribution in [-0.4, -0.2) is 33.9 Å². The topological polar surface area (TPSA) is 90.8 Å². The van der Waals surface area contributed by atoms with E-state index < -0.39 is 17.0 Å². The van der Waals surface area contributed by atoms with Crippen LogP contribution in [0, 0.1) is 5.92 Å². The summed E-state index contributed by atoms with van der Waals surface area (Å²) in [6, 6.07) is 7.51. The number of nitrogens with zero attached hydrogens (tertiary/aromatic N) is 1. The van der Waals surface area contributed by atoms with Gasteiger partial charge in [0.15, 0.2) is 0 Å². The van der Waals surface area contributed by atoms with Gasteiger partial charge in [-0.05, 0) is 37.0 Å². The van der Waals surface area contributed by atoms with Crippen LogP contribution in [0.4, 0.5) is 5.69 Å².